The van der Waals surface area contributed by atoms with Crippen molar-refractivity contribution < 1.29 is 16.5 Å². The average molecular weight is 545 g/mol. The molecule has 4 nitrogen and oxygen atoms in total. The van der Waals surface area contributed by atoms with Crippen LogP contribution in [0.5, 0.6) is 0 Å². The van der Waals surface area contributed by atoms with E-state index in [4.69, 9.17) is 16.5 Å². The molecule has 0 radical (unpaired) electrons. The molecule has 184 valence electrons. The van der Waals surface area contributed by atoms with Gasteiger partial charge in [0.25, 0.3) is 0 Å². The summed E-state index contributed by atoms with van der Waals surface area (Å²) >= 11 is 0. The molecular formula is C25H40O4Si5. The first-order valence-corrected chi connectivity index (χ1v) is 24.5. The van der Waals surface area contributed by atoms with E-state index in [1.165, 1.54) is 0 Å². The third-order valence-electron chi connectivity index (χ3n) is 5.53. The molecule has 2 rings (SSSR count). The monoisotopic (exact) mass is 544 g/mol. The summed E-state index contributed by atoms with van der Waals surface area (Å²) in [5, 5.41) is 2.29. The van der Waals surface area contributed by atoms with Crippen molar-refractivity contribution in [2.24, 2.45) is 0 Å². The Balaban J connectivity index is 2.65. The third-order valence-corrected chi connectivity index (χ3v) is 24.1. The van der Waals surface area contributed by atoms with Crippen LogP contribution < -0.4 is 10.4 Å². The van der Waals surface area contributed by atoms with Gasteiger partial charge >= 0.3 is 17.4 Å². The van der Waals surface area contributed by atoms with Crippen LogP contribution in [0.15, 0.2) is 97.5 Å². The smallest absolute Gasteiger partial charge is 0.433 e. The molecule has 0 saturated heterocycles. The van der Waals surface area contributed by atoms with Gasteiger partial charge in [-0.05, 0) is 61.9 Å². The van der Waals surface area contributed by atoms with Crippen molar-refractivity contribution in [2.45, 2.75) is 45.8 Å². The molecule has 2 aromatic carbocycles. The molecule has 0 aromatic heterocycles. The summed E-state index contributed by atoms with van der Waals surface area (Å²) < 4.78 is 27.5. The molecule has 0 fully saturated rings. The molecule has 34 heavy (non-hydrogen) atoms. The number of hydrogen-bond donors (Lipinski definition) is 0. The minimum atomic E-state index is -3.43. The highest BCUT2D eigenvalue weighted by Crippen LogP contribution is 2.29. The maximum absolute atomic E-state index is 7.22. The molecule has 2 aromatic rings. The van der Waals surface area contributed by atoms with Gasteiger partial charge in [0.15, 0.2) is 8.32 Å². The minimum Gasteiger partial charge on any atom is -0.433 e. The zero-order valence-corrected chi connectivity index (χ0v) is 26.8. The number of benzene rings is 2. The summed E-state index contributed by atoms with van der Waals surface area (Å²) in [6.45, 7) is 26.9. The first-order valence-electron chi connectivity index (χ1n) is 11.5. The Bertz CT molecular complexity index is 940. The Hall–Kier alpha value is -1.42. The van der Waals surface area contributed by atoms with Gasteiger partial charge in [-0.3, -0.25) is 0 Å². The molecule has 0 aliphatic rings. The van der Waals surface area contributed by atoms with Crippen LogP contribution in [-0.4, -0.2) is 42.3 Å². The average Bonchev–Trinajstić information content (AvgIpc) is 2.78. The van der Waals surface area contributed by atoms with Crippen LogP contribution in [0.2, 0.25) is 45.8 Å². The van der Waals surface area contributed by atoms with E-state index in [1.54, 1.807) is 5.70 Å². The van der Waals surface area contributed by atoms with Crippen LogP contribution in [0.3, 0.4) is 0 Å². The van der Waals surface area contributed by atoms with E-state index < -0.39 is 42.3 Å². The second-order valence-corrected chi connectivity index (χ2v) is 28.1. The van der Waals surface area contributed by atoms with Crippen molar-refractivity contribution in [1.29, 1.82) is 0 Å². The fourth-order valence-electron chi connectivity index (χ4n) is 3.72. The van der Waals surface area contributed by atoms with Crippen LogP contribution >= 0.6 is 0 Å². The molecule has 0 N–H and O–H groups in total. The zero-order valence-electron chi connectivity index (χ0n) is 21.8. The molecule has 0 heterocycles. The van der Waals surface area contributed by atoms with Gasteiger partial charge in [-0.15, -0.1) is 19.7 Å². The highest BCUT2D eigenvalue weighted by molar-refractivity contribution is 7.03. The molecule has 0 aliphatic carbocycles. The van der Waals surface area contributed by atoms with E-state index in [0.29, 0.717) is 0 Å². The predicted molar refractivity (Wildman–Crippen MR) is 157 cm³/mol. The standard InChI is InChI=1S/C25H40O4Si5/c1-11-30(4,5)26-32(8,9)28-34(13-3,27-31(6,7)12-2)29-33(10,24-20-16-14-17-21-24)25-22-18-15-19-23-25/h11-23H,1-3H2,4-10H3. The largest absolute Gasteiger partial charge is 0.499 e. The van der Waals surface area contributed by atoms with Crippen LogP contribution in [0.1, 0.15) is 0 Å². The van der Waals surface area contributed by atoms with E-state index >= 15 is 0 Å². The molecule has 9 heteroatoms. The van der Waals surface area contributed by atoms with Crippen LogP contribution in [0.4, 0.5) is 0 Å². The van der Waals surface area contributed by atoms with Crippen molar-refractivity contribution >= 4 is 52.7 Å². The lowest BCUT2D eigenvalue weighted by atomic mass is 10.4. The first kappa shape index (κ1) is 28.8. The SMILES string of the molecule is C=C[Si](C)(C)O[Si](C)(C)O[Si](C=C)(O[Si](C)(C)C=C)O[Si](C)(c1ccccc1)c1ccccc1. The summed E-state index contributed by atoms with van der Waals surface area (Å²) in [5.74, 6) is 0. The lowest BCUT2D eigenvalue weighted by Gasteiger charge is -2.44. The van der Waals surface area contributed by atoms with Crippen molar-refractivity contribution in [2.75, 3.05) is 0 Å². The van der Waals surface area contributed by atoms with Gasteiger partial charge in [-0.1, -0.05) is 72.1 Å². The summed E-state index contributed by atoms with van der Waals surface area (Å²) in [5.41, 5.74) is 5.62. The highest BCUT2D eigenvalue weighted by atomic mass is 28.5. The summed E-state index contributed by atoms with van der Waals surface area (Å²) in [4.78, 5) is 0. The van der Waals surface area contributed by atoms with E-state index in [1.807, 2.05) is 47.8 Å². The zero-order chi connectivity index (χ0) is 25.7. The van der Waals surface area contributed by atoms with E-state index in [-0.39, 0.29) is 0 Å². The van der Waals surface area contributed by atoms with Gasteiger partial charge in [-0.2, -0.15) is 0 Å². The Morgan fingerprint density at radius 3 is 1.32 bits per heavy atom. The van der Waals surface area contributed by atoms with E-state index in [0.717, 1.165) is 10.4 Å². The topological polar surface area (TPSA) is 36.9 Å². The minimum absolute atomic E-state index is 1.14. The van der Waals surface area contributed by atoms with Crippen molar-refractivity contribution in [3.63, 3.8) is 0 Å². The molecule has 0 amide bonds. The predicted octanol–water partition coefficient (Wildman–Crippen LogP) is 5.67. The molecule has 1 atom stereocenters. The van der Waals surface area contributed by atoms with Crippen LogP contribution in [-0.2, 0) is 16.5 Å². The lowest BCUT2D eigenvalue weighted by Crippen LogP contribution is -2.69. The number of rotatable bonds is 13. The molecule has 0 bridgehead atoms. The first-order chi connectivity index (χ1) is 15.7. The van der Waals surface area contributed by atoms with Gasteiger partial charge in [0.1, 0.15) is 0 Å². The third kappa shape index (κ3) is 7.54. The van der Waals surface area contributed by atoms with Crippen LogP contribution in [0.25, 0.3) is 0 Å². The molecule has 0 aliphatic heterocycles. The fraction of sp³-hybridized carbons (Fsp3) is 0.280. The van der Waals surface area contributed by atoms with Gasteiger partial charge in [-0.25, -0.2) is 0 Å². The highest BCUT2D eigenvalue weighted by Gasteiger charge is 2.54. The second kappa shape index (κ2) is 11.1. The number of hydrogen-bond acceptors (Lipinski definition) is 4. The Morgan fingerprint density at radius 1 is 0.529 bits per heavy atom. The Kier molecular flexibility index (Phi) is 9.41. The molecule has 1 unspecified atom stereocenters. The van der Waals surface area contributed by atoms with Crippen molar-refractivity contribution in [1.82, 2.24) is 0 Å². The van der Waals surface area contributed by atoms with Gasteiger partial charge < -0.3 is 16.5 Å². The maximum atomic E-state index is 7.22. The summed E-state index contributed by atoms with van der Waals surface area (Å²) in [6.07, 6.45) is 0. The Labute approximate surface area is 212 Å². The van der Waals surface area contributed by atoms with E-state index in [2.05, 4.69) is 89.8 Å². The second-order valence-electron chi connectivity index (χ2n) is 10.00. The van der Waals surface area contributed by atoms with Gasteiger partial charge in [0, 0.05) is 0 Å². The Morgan fingerprint density at radius 2 is 0.941 bits per heavy atom. The summed E-state index contributed by atoms with van der Waals surface area (Å²) in [6, 6.07) is 20.8. The van der Waals surface area contributed by atoms with Gasteiger partial charge in [0.2, 0.25) is 16.6 Å². The summed E-state index contributed by atoms with van der Waals surface area (Å²) in [7, 11) is -13.3. The van der Waals surface area contributed by atoms with E-state index in [9.17, 15) is 0 Å². The van der Waals surface area contributed by atoms with Crippen molar-refractivity contribution in [3.05, 3.63) is 97.5 Å². The fourth-order valence-corrected chi connectivity index (χ4v) is 23.5. The molecule has 0 saturated carbocycles. The van der Waals surface area contributed by atoms with Crippen molar-refractivity contribution in [3.8, 4) is 0 Å². The maximum Gasteiger partial charge on any atom is 0.499 e. The lowest BCUT2D eigenvalue weighted by molar-refractivity contribution is 0.246. The molecule has 0 spiro atoms. The van der Waals surface area contributed by atoms with Crippen LogP contribution in [0, 0.1) is 0 Å². The normalized spacial score (nSPS) is 14.8. The quantitative estimate of drug-likeness (QED) is 0.305. The van der Waals surface area contributed by atoms with Gasteiger partial charge in [0.05, 0.1) is 0 Å². The molecular weight excluding hydrogens is 505 g/mol.